The van der Waals surface area contributed by atoms with Gasteiger partial charge in [-0.1, -0.05) is 152 Å². The summed E-state index contributed by atoms with van der Waals surface area (Å²) in [5.41, 5.74) is 16.7. The molecule has 0 aliphatic heterocycles. The normalized spacial score (nSPS) is 11.6. The summed E-state index contributed by atoms with van der Waals surface area (Å²) < 4.78 is 4.85. The monoisotopic (exact) mass is 712 g/mol. The topological polar surface area (TPSA) is 9.86 Å². The molecule has 0 spiro atoms. The number of rotatable bonds is 6. The summed E-state index contributed by atoms with van der Waals surface area (Å²) in [4.78, 5) is 0. The highest BCUT2D eigenvalue weighted by Gasteiger charge is 2.20. The van der Waals surface area contributed by atoms with Gasteiger partial charge >= 0.3 is 0 Å². The van der Waals surface area contributed by atoms with Crippen molar-refractivity contribution < 1.29 is 0 Å². The average molecular weight is 713 g/mol. The molecule has 11 rings (SSSR count). The zero-order chi connectivity index (χ0) is 37.0. The zero-order valence-corrected chi connectivity index (χ0v) is 30.7. The number of benzene rings is 9. The van der Waals surface area contributed by atoms with Gasteiger partial charge in [-0.15, -0.1) is 0 Å². The fourth-order valence-corrected chi connectivity index (χ4v) is 8.71. The van der Waals surface area contributed by atoms with Gasteiger partial charge in [0.2, 0.25) is 0 Å². The minimum atomic E-state index is 1.14. The van der Waals surface area contributed by atoms with Crippen LogP contribution in [-0.4, -0.2) is 9.13 Å². The minimum absolute atomic E-state index is 1.14. The van der Waals surface area contributed by atoms with Gasteiger partial charge in [0.1, 0.15) is 0 Å². The molecular weight excluding hydrogens is 677 g/mol. The second-order valence-electron chi connectivity index (χ2n) is 14.6. The molecule has 0 bridgehead atoms. The third-order valence-corrected chi connectivity index (χ3v) is 11.3. The summed E-state index contributed by atoms with van der Waals surface area (Å²) in [5, 5.41) is 4.98. The van der Waals surface area contributed by atoms with Crippen LogP contribution in [0.4, 0.5) is 0 Å². The molecule has 9 aromatic carbocycles. The summed E-state index contributed by atoms with van der Waals surface area (Å²) in [7, 11) is 0. The zero-order valence-electron chi connectivity index (χ0n) is 30.7. The Morgan fingerprint density at radius 2 is 0.714 bits per heavy atom. The van der Waals surface area contributed by atoms with E-state index in [-0.39, 0.29) is 0 Å². The summed E-state index contributed by atoms with van der Waals surface area (Å²) in [6.45, 7) is 0. The molecule has 11 aromatic rings. The van der Waals surface area contributed by atoms with Crippen molar-refractivity contribution in [3.63, 3.8) is 0 Å². The Morgan fingerprint density at radius 1 is 0.232 bits per heavy atom. The standard InChI is InChI=1S/C54H36N2/c1-5-16-37(17-6-1)40-22-15-25-45(32-40)56-52-31-29-42(41-28-30-51-48(33-41)46-26-13-14-27-50(46)55(51)44-23-11-4-12-24-44)34-49(52)54-47(39-20-9-3-10-21-39)35-43(36-53(54)56)38-18-7-2-8-19-38/h1-36H. The molecule has 0 saturated heterocycles. The van der Waals surface area contributed by atoms with E-state index >= 15 is 0 Å². The lowest BCUT2D eigenvalue weighted by Crippen LogP contribution is -1.95. The number of para-hydroxylation sites is 2. The van der Waals surface area contributed by atoms with Gasteiger partial charge in [0.25, 0.3) is 0 Å². The third kappa shape index (κ3) is 5.26. The predicted octanol–water partition coefficient (Wildman–Crippen LogP) is 14.5. The highest BCUT2D eigenvalue weighted by Crippen LogP contribution is 2.44. The van der Waals surface area contributed by atoms with Gasteiger partial charge in [-0.3, -0.25) is 0 Å². The molecule has 0 saturated carbocycles. The molecule has 0 unspecified atom stereocenters. The Labute approximate surface area is 325 Å². The largest absolute Gasteiger partial charge is 0.309 e. The Hall–Kier alpha value is -7.42. The van der Waals surface area contributed by atoms with Gasteiger partial charge in [0.15, 0.2) is 0 Å². The second kappa shape index (κ2) is 13.2. The van der Waals surface area contributed by atoms with E-state index in [9.17, 15) is 0 Å². The lowest BCUT2D eigenvalue weighted by molar-refractivity contribution is 1.18. The Balaban J connectivity index is 1.19. The van der Waals surface area contributed by atoms with Crippen LogP contribution in [0.15, 0.2) is 218 Å². The van der Waals surface area contributed by atoms with Crippen LogP contribution >= 0.6 is 0 Å². The van der Waals surface area contributed by atoms with Crippen molar-refractivity contribution in [2.45, 2.75) is 0 Å². The second-order valence-corrected chi connectivity index (χ2v) is 14.6. The van der Waals surface area contributed by atoms with Crippen LogP contribution in [0.2, 0.25) is 0 Å². The highest BCUT2D eigenvalue weighted by atomic mass is 15.0. The fraction of sp³-hybridized carbons (Fsp3) is 0. The number of fused-ring (bicyclic) bond motifs is 6. The van der Waals surface area contributed by atoms with Gasteiger partial charge in [-0.25, -0.2) is 0 Å². The molecular formula is C54H36N2. The van der Waals surface area contributed by atoms with Crippen LogP contribution < -0.4 is 0 Å². The predicted molar refractivity (Wildman–Crippen MR) is 237 cm³/mol. The molecule has 0 radical (unpaired) electrons. The minimum Gasteiger partial charge on any atom is -0.309 e. The molecule has 2 nitrogen and oxygen atoms in total. The third-order valence-electron chi connectivity index (χ3n) is 11.3. The number of nitrogens with zero attached hydrogens (tertiary/aromatic N) is 2. The quantitative estimate of drug-likeness (QED) is 0.162. The maximum Gasteiger partial charge on any atom is 0.0553 e. The Kier molecular flexibility index (Phi) is 7.53. The van der Waals surface area contributed by atoms with Crippen LogP contribution in [0.5, 0.6) is 0 Å². The fourth-order valence-electron chi connectivity index (χ4n) is 8.71. The van der Waals surface area contributed by atoms with Gasteiger partial charge in [-0.05, 0) is 111 Å². The number of hydrogen-bond donors (Lipinski definition) is 0. The van der Waals surface area contributed by atoms with E-state index in [4.69, 9.17) is 0 Å². The first-order valence-corrected chi connectivity index (χ1v) is 19.3. The van der Waals surface area contributed by atoms with E-state index in [1.165, 1.54) is 93.8 Å². The highest BCUT2D eigenvalue weighted by molar-refractivity contribution is 6.18. The smallest absolute Gasteiger partial charge is 0.0553 e. The van der Waals surface area contributed by atoms with E-state index in [1.807, 2.05) is 0 Å². The first-order valence-electron chi connectivity index (χ1n) is 19.3. The van der Waals surface area contributed by atoms with Crippen molar-refractivity contribution in [1.29, 1.82) is 0 Å². The average Bonchev–Trinajstić information content (AvgIpc) is 3.79. The molecule has 2 heterocycles. The molecule has 0 atom stereocenters. The van der Waals surface area contributed by atoms with Crippen molar-refractivity contribution in [1.82, 2.24) is 9.13 Å². The Morgan fingerprint density at radius 3 is 1.41 bits per heavy atom. The van der Waals surface area contributed by atoms with Crippen LogP contribution in [-0.2, 0) is 0 Å². The molecule has 0 N–H and O–H groups in total. The van der Waals surface area contributed by atoms with Crippen molar-refractivity contribution in [2.24, 2.45) is 0 Å². The van der Waals surface area contributed by atoms with Crippen molar-refractivity contribution >= 4 is 43.6 Å². The maximum atomic E-state index is 2.47. The molecule has 262 valence electrons. The Bertz CT molecular complexity index is 3210. The first kappa shape index (κ1) is 32.0. The lowest BCUT2D eigenvalue weighted by Gasteiger charge is -2.13. The van der Waals surface area contributed by atoms with Gasteiger partial charge in [0, 0.05) is 32.9 Å². The van der Waals surface area contributed by atoms with Crippen molar-refractivity contribution in [3.8, 4) is 55.9 Å². The van der Waals surface area contributed by atoms with Crippen LogP contribution in [0.3, 0.4) is 0 Å². The van der Waals surface area contributed by atoms with Crippen LogP contribution in [0, 0.1) is 0 Å². The van der Waals surface area contributed by atoms with E-state index in [2.05, 4.69) is 228 Å². The first-order chi connectivity index (χ1) is 27.8. The van der Waals surface area contributed by atoms with Crippen molar-refractivity contribution in [2.75, 3.05) is 0 Å². The molecule has 0 amide bonds. The van der Waals surface area contributed by atoms with E-state index in [1.54, 1.807) is 0 Å². The van der Waals surface area contributed by atoms with Gasteiger partial charge in [0.05, 0.1) is 22.1 Å². The van der Waals surface area contributed by atoms with Gasteiger partial charge in [-0.2, -0.15) is 0 Å². The lowest BCUT2D eigenvalue weighted by atomic mass is 9.93. The molecule has 0 aliphatic rings. The summed E-state index contributed by atoms with van der Waals surface area (Å²) >= 11 is 0. The van der Waals surface area contributed by atoms with Crippen molar-refractivity contribution in [3.05, 3.63) is 218 Å². The number of aromatic nitrogens is 2. The number of hydrogen-bond acceptors (Lipinski definition) is 0. The van der Waals surface area contributed by atoms with Gasteiger partial charge < -0.3 is 9.13 Å². The summed E-state index contributed by atoms with van der Waals surface area (Å²) in [6.07, 6.45) is 0. The van der Waals surface area contributed by atoms with E-state index < -0.39 is 0 Å². The SMILES string of the molecule is c1ccc(-c2cccc(-n3c4ccc(-c5ccc6c(c5)c5ccccc5n6-c5ccccc5)cc4c4c(-c5ccccc5)cc(-c5ccccc5)cc43)c2)cc1. The van der Waals surface area contributed by atoms with Crippen LogP contribution in [0.1, 0.15) is 0 Å². The summed E-state index contributed by atoms with van der Waals surface area (Å²) in [5.74, 6) is 0. The molecule has 2 heteroatoms. The van der Waals surface area contributed by atoms with E-state index in [0.29, 0.717) is 0 Å². The molecule has 2 aromatic heterocycles. The molecule has 56 heavy (non-hydrogen) atoms. The summed E-state index contributed by atoms with van der Waals surface area (Å²) in [6, 6.07) is 79.5. The maximum absolute atomic E-state index is 2.47. The van der Waals surface area contributed by atoms with Crippen LogP contribution in [0.25, 0.3) is 99.5 Å². The molecule has 0 fully saturated rings. The van der Waals surface area contributed by atoms with E-state index in [0.717, 1.165) is 5.69 Å². The molecule has 0 aliphatic carbocycles.